The summed E-state index contributed by atoms with van der Waals surface area (Å²) >= 11 is 0. The lowest BCUT2D eigenvalue weighted by Crippen LogP contribution is -2.45. The molecular formula is C14H24N4O. The normalized spacial score (nSPS) is 20.7. The smallest absolute Gasteiger partial charge is 0.257 e. The van der Waals surface area contributed by atoms with Gasteiger partial charge in [0.25, 0.3) is 5.91 Å². The van der Waals surface area contributed by atoms with Crippen LogP contribution >= 0.6 is 0 Å². The summed E-state index contributed by atoms with van der Waals surface area (Å²) in [7, 11) is 0. The Hall–Kier alpha value is -1.36. The Kier molecular flexibility index (Phi) is 3.67. The zero-order valence-electron chi connectivity index (χ0n) is 12.3. The van der Waals surface area contributed by atoms with Crippen LogP contribution in [-0.2, 0) is 5.54 Å². The lowest BCUT2D eigenvalue weighted by Gasteiger charge is -2.30. The fourth-order valence-electron chi connectivity index (χ4n) is 2.66. The fraction of sp³-hybridized carbons (Fsp3) is 0.714. The second kappa shape index (κ2) is 4.96. The monoisotopic (exact) mass is 264 g/mol. The van der Waals surface area contributed by atoms with Gasteiger partial charge in [-0.15, -0.1) is 0 Å². The van der Waals surface area contributed by atoms with Crippen LogP contribution in [0.3, 0.4) is 0 Å². The van der Waals surface area contributed by atoms with Crippen molar-refractivity contribution in [2.45, 2.75) is 52.1 Å². The van der Waals surface area contributed by atoms with E-state index in [2.05, 4.69) is 25.9 Å². The molecule has 1 fully saturated rings. The molecule has 19 heavy (non-hydrogen) atoms. The first-order valence-electron chi connectivity index (χ1n) is 6.90. The standard InChI is InChI=1S/C14H24N4O/c1-10-12(8-16-18(10)14(2,3)4)13(19)17-7-5-6-11(15)9-17/h8,11H,5-7,9,15H2,1-4H3. The molecule has 1 aliphatic heterocycles. The van der Waals surface area contributed by atoms with Gasteiger partial charge in [-0.05, 0) is 40.5 Å². The molecule has 1 atom stereocenters. The molecule has 1 aromatic rings. The molecule has 1 aliphatic rings. The number of nitrogens with zero attached hydrogens (tertiary/aromatic N) is 3. The molecule has 5 nitrogen and oxygen atoms in total. The van der Waals surface area contributed by atoms with Crippen LogP contribution in [0.5, 0.6) is 0 Å². The number of piperidine rings is 1. The van der Waals surface area contributed by atoms with Gasteiger partial charge in [-0.3, -0.25) is 9.48 Å². The predicted octanol–water partition coefficient (Wildman–Crippen LogP) is 1.51. The van der Waals surface area contributed by atoms with Gasteiger partial charge in [0.2, 0.25) is 0 Å². The zero-order chi connectivity index (χ0) is 14.2. The minimum Gasteiger partial charge on any atom is -0.337 e. The summed E-state index contributed by atoms with van der Waals surface area (Å²) in [6.45, 7) is 9.65. The summed E-state index contributed by atoms with van der Waals surface area (Å²) in [5.41, 5.74) is 7.45. The third kappa shape index (κ3) is 2.81. The predicted molar refractivity (Wildman–Crippen MR) is 75.1 cm³/mol. The van der Waals surface area contributed by atoms with Crippen molar-refractivity contribution < 1.29 is 4.79 Å². The van der Waals surface area contributed by atoms with Crippen molar-refractivity contribution in [2.24, 2.45) is 5.73 Å². The van der Waals surface area contributed by atoms with Gasteiger partial charge < -0.3 is 10.6 Å². The van der Waals surface area contributed by atoms with Crippen molar-refractivity contribution in [3.8, 4) is 0 Å². The summed E-state index contributed by atoms with van der Waals surface area (Å²) < 4.78 is 1.91. The molecular weight excluding hydrogens is 240 g/mol. The summed E-state index contributed by atoms with van der Waals surface area (Å²) in [5, 5.41) is 4.36. The number of carbonyl (C=O) groups excluding carboxylic acids is 1. The Morgan fingerprint density at radius 3 is 2.68 bits per heavy atom. The van der Waals surface area contributed by atoms with E-state index in [-0.39, 0.29) is 17.5 Å². The van der Waals surface area contributed by atoms with E-state index in [4.69, 9.17) is 5.73 Å². The van der Waals surface area contributed by atoms with Crippen molar-refractivity contribution in [2.75, 3.05) is 13.1 Å². The molecule has 0 spiro atoms. The first kappa shape index (κ1) is 14.1. The molecule has 2 N–H and O–H groups in total. The quantitative estimate of drug-likeness (QED) is 0.836. The van der Waals surface area contributed by atoms with Crippen molar-refractivity contribution in [1.82, 2.24) is 14.7 Å². The maximum absolute atomic E-state index is 12.5. The molecule has 106 valence electrons. The number of rotatable bonds is 1. The van der Waals surface area contributed by atoms with Crippen LogP contribution < -0.4 is 5.73 Å². The average molecular weight is 264 g/mol. The zero-order valence-corrected chi connectivity index (χ0v) is 12.3. The highest BCUT2D eigenvalue weighted by Gasteiger charge is 2.27. The topological polar surface area (TPSA) is 64.2 Å². The van der Waals surface area contributed by atoms with E-state index in [0.29, 0.717) is 12.1 Å². The van der Waals surface area contributed by atoms with E-state index >= 15 is 0 Å². The molecule has 2 rings (SSSR count). The number of aromatic nitrogens is 2. The molecule has 0 aromatic carbocycles. The number of hydrogen-bond acceptors (Lipinski definition) is 3. The third-order valence-corrected chi connectivity index (χ3v) is 3.62. The van der Waals surface area contributed by atoms with Gasteiger partial charge >= 0.3 is 0 Å². The molecule has 5 heteroatoms. The first-order chi connectivity index (χ1) is 8.80. The Balaban J connectivity index is 2.22. The molecule has 0 aliphatic carbocycles. The van der Waals surface area contributed by atoms with Crippen LogP contribution in [0.2, 0.25) is 0 Å². The molecule has 1 amide bonds. The van der Waals surface area contributed by atoms with Crippen molar-refractivity contribution in [3.63, 3.8) is 0 Å². The van der Waals surface area contributed by atoms with Gasteiger partial charge in [0.05, 0.1) is 17.3 Å². The highest BCUT2D eigenvalue weighted by atomic mass is 16.2. The second-order valence-corrected chi connectivity index (χ2v) is 6.38. The summed E-state index contributed by atoms with van der Waals surface area (Å²) in [6, 6.07) is 0.107. The molecule has 2 heterocycles. The molecule has 0 radical (unpaired) electrons. The third-order valence-electron chi connectivity index (χ3n) is 3.62. The molecule has 0 bridgehead atoms. The van der Waals surface area contributed by atoms with Crippen LogP contribution in [0, 0.1) is 6.92 Å². The van der Waals surface area contributed by atoms with Crippen molar-refractivity contribution in [3.05, 3.63) is 17.5 Å². The lowest BCUT2D eigenvalue weighted by atomic mass is 10.1. The minimum absolute atomic E-state index is 0.0585. The van der Waals surface area contributed by atoms with Crippen molar-refractivity contribution in [1.29, 1.82) is 0 Å². The molecule has 0 saturated carbocycles. The largest absolute Gasteiger partial charge is 0.337 e. The maximum Gasteiger partial charge on any atom is 0.257 e. The van der Waals surface area contributed by atoms with E-state index < -0.39 is 0 Å². The van der Waals surface area contributed by atoms with Gasteiger partial charge in [0.1, 0.15) is 0 Å². The minimum atomic E-state index is -0.110. The van der Waals surface area contributed by atoms with Crippen LogP contribution in [0.1, 0.15) is 49.7 Å². The second-order valence-electron chi connectivity index (χ2n) is 6.38. The van der Waals surface area contributed by atoms with E-state index in [0.717, 1.165) is 25.1 Å². The van der Waals surface area contributed by atoms with Crippen LogP contribution in [0.15, 0.2) is 6.20 Å². The van der Waals surface area contributed by atoms with Gasteiger partial charge in [0.15, 0.2) is 0 Å². The Morgan fingerprint density at radius 1 is 1.47 bits per heavy atom. The summed E-state index contributed by atoms with van der Waals surface area (Å²) in [4.78, 5) is 14.4. The number of carbonyl (C=O) groups is 1. The number of hydrogen-bond donors (Lipinski definition) is 1. The van der Waals surface area contributed by atoms with E-state index in [9.17, 15) is 4.79 Å². The van der Waals surface area contributed by atoms with Crippen LogP contribution in [0.25, 0.3) is 0 Å². The molecule has 1 unspecified atom stereocenters. The van der Waals surface area contributed by atoms with Gasteiger partial charge in [-0.2, -0.15) is 5.10 Å². The van der Waals surface area contributed by atoms with Gasteiger partial charge in [-0.1, -0.05) is 0 Å². The molecule has 1 saturated heterocycles. The van der Waals surface area contributed by atoms with Crippen molar-refractivity contribution >= 4 is 5.91 Å². The number of amides is 1. The fourth-order valence-corrected chi connectivity index (χ4v) is 2.66. The van der Waals surface area contributed by atoms with E-state index in [1.807, 2.05) is 16.5 Å². The number of nitrogens with two attached hydrogens (primary N) is 1. The first-order valence-corrected chi connectivity index (χ1v) is 6.90. The molecule has 1 aromatic heterocycles. The summed E-state index contributed by atoms with van der Waals surface area (Å²) in [6.07, 6.45) is 3.67. The van der Waals surface area contributed by atoms with E-state index in [1.165, 1.54) is 0 Å². The Bertz CT molecular complexity index is 472. The van der Waals surface area contributed by atoms with Gasteiger partial charge in [-0.25, -0.2) is 0 Å². The highest BCUT2D eigenvalue weighted by molar-refractivity contribution is 5.95. The van der Waals surface area contributed by atoms with Crippen LogP contribution in [-0.4, -0.2) is 39.7 Å². The highest BCUT2D eigenvalue weighted by Crippen LogP contribution is 2.20. The Labute approximate surface area is 114 Å². The lowest BCUT2D eigenvalue weighted by molar-refractivity contribution is 0.0707. The van der Waals surface area contributed by atoms with E-state index in [1.54, 1.807) is 6.20 Å². The summed E-state index contributed by atoms with van der Waals surface area (Å²) in [5.74, 6) is 0.0585. The average Bonchev–Trinajstić information content (AvgIpc) is 2.70. The van der Waals surface area contributed by atoms with Crippen LogP contribution in [0.4, 0.5) is 0 Å². The maximum atomic E-state index is 12.5. The Morgan fingerprint density at radius 2 is 2.16 bits per heavy atom. The SMILES string of the molecule is Cc1c(C(=O)N2CCCC(N)C2)cnn1C(C)(C)C. The van der Waals surface area contributed by atoms with Gasteiger partial charge in [0, 0.05) is 24.8 Å². The number of likely N-dealkylation sites (tertiary alicyclic amines) is 1.